The van der Waals surface area contributed by atoms with Crippen LogP contribution in [0.4, 0.5) is 5.82 Å². The largest absolute Gasteiger partial charge is 0.744 e. The first-order valence-electron chi connectivity index (χ1n) is 6.14. The van der Waals surface area contributed by atoms with Crippen molar-refractivity contribution in [1.29, 1.82) is 0 Å². The van der Waals surface area contributed by atoms with Crippen LogP contribution in [0.5, 0.6) is 0 Å². The average Bonchev–Trinajstić information content (AvgIpc) is 2.33. The lowest BCUT2D eigenvalue weighted by molar-refractivity contribution is -0.624. The standard InChI is InChI=1S/C9H12O3S.C4H5ClN4/c1-6-4-7(2)9(8(3)5-6)13(10,11)12;5-3-4(6)9(7)2-1-8-3/h4-5H,1-3H3,(H,10,11,12);1-2,6H,7H2. The summed E-state index contributed by atoms with van der Waals surface area (Å²) in [6, 6.07) is 3.38. The summed E-state index contributed by atoms with van der Waals surface area (Å²) in [4.78, 5) is 3.59. The van der Waals surface area contributed by atoms with E-state index >= 15 is 0 Å². The van der Waals surface area contributed by atoms with Gasteiger partial charge in [0.05, 0.1) is 11.1 Å². The van der Waals surface area contributed by atoms with Crippen LogP contribution >= 0.6 is 11.6 Å². The molecule has 1 heterocycles. The van der Waals surface area contributed by atoms with Crippen LogP contribution in [0.25, 0.3) is 0 Å². The predicted octanol–water partition coefficient (Wildman–Crippen LogP) is 0.834. The Labute approximate surface area is 134 Å². The molecule has 0 radical (unpaired) electrons. The number of nitrogens with two attached hydrogens (primary N) is 2. The van der Waals surface area contributed by atoms with E-state index in [0.29, 0.717) is 11.1 Å². The lowest BCUT2D eigenvalue weighted by atomic mass is 10.1. The van der Waals surface area contributed by atoms with Gasteiger partial charge in [0.1, 0.15) is 16.3 Å². The number of hydrogen-bond acceptors (Lipinski definition) is 6. The van der Waals surface area contributed by atoms with E-state index in [2.05, 4.69) is 4.98 Å². The SMILES string of the molecule is Cc1cc(C)c(S(=O)(=O)[O-])c(C)c1.Nc1c(Cl)ncc[n+]1N. The van der Waals surface area contributed by atoms with Crippen molar-refractivity contribution >= 4 is 27.5 Å². The minimum atomic E-state index is -4.33. The molecule has 0 fully saturated rings. The van der Waals surface area contributed by atoms with Crippen molar-refractivity contribution in [2.75, 3.05) is 11.6 Å². The highest BCUT2D eigenvalue weighted by molar-refractivity contribution is 7.85. The molecular formula is C13H17ClN4O3S. The van der Waals surface area contributed by atoms with Crippen LogP contribution in [0.2, 0.25) is 5.15 Å². The van der Waals surface area contributed by atoms with Gasteiger partial charge in [-0.15, -0.1) is 4.68 Å². The molecule has 0 saturated carbocycles. The number of aromatic nitrogens is 2. The molecule has 0 amide bonds. The van der Waals surface area contributed by atoms with Crippen molar-refractivity contribution in [2.45, 2.75) is 25.7 Å². The lowest BCUT2D eigenvalue weighted by Gasteiger charge is -2.14. The van der Waals surface area contributed by atoms with E-state index in [1.54, 1.807) is 26.0 Å². The van der Waals surface area contributed by atoms with Gasteiger partial charge in [-0.3, -0.25) is 11.6 Å². The zero-order valence-corrected chi connectivity index (χ0v) is 13.9. The molecule has 0 aliphatic carbocycles. The molecule has 0 spiro atoms. The summed E-state index contributed by atoms with van der Waals surface area (Å²) >= 11 is 5.48. The van der Waals surface area contributed by atoms with Crippen molar-refractivity contribution in [1.82, 2.24) is 4.98 Å². The van der Waals surface area contributed by atoms with E-state index in [-0.39, 0.29) is 15.9 Å². The summed E-state index contributed by atoms with van der Waals surface area (Å²) in [5.74, 6) is 5.55. The van der Waals surface area contributed by atoms with Crippen LogP contribution < -0.4 is 16.3 Å². The quantitative estimate of drug-likeness (QED) is 0.448. The van der Waals surface area contributed by atoms with E-state index in [9.17, 15) is 13.0 Å². The maximum atomic E-state index is 10.8. The van der Waals surface area contributed by atoms with E-state index in [1.807, 2.05) is 6.92 Å². The average molecular weight is 345 g/mol. The first-order chi connectivity index (χ1) is 10.0. The second kappa shape index (κ2) is 6.91. The molecule has 4 N–H and O–H groups in total. The number of halogens is 1. The molecule has 0 atom stereocenters. The van der Waals surface area contributed by atoms with Gasteiger partial charge in [0.25, 0.3) is 0 Å². The van der Waals surface area contributed by atoms with E-state index in [0.717, 1.165) is 5.56 Å². The molecule has 0 bridgehead atoms. The first kappa shape index (κ1) is 18.1. The van der Waals surface area contributed by atoms with Gasteiger partial charge in [-0.25, -0.2) is 13.4 Å². The molecule has 0 aliphatic heterocycles. The summed E-state index contributed by atoms with van der Waals surface area (Å²) in [6.07, 6.45) is 2.99. The molecule has 2 aromatic rings. The van der Waals surface area contributed by atoms with Crippen LogP contribution in [-0.2, 0) is 10.1 Å². The molecule has 9 heteroatoms. The van der Waals surface area contributed by atoms with Crippen molar-refractivity contribution in [3.8, 4) is 0 Å². The highest BCUT2D eigenvalue weighted by atomic mass is 35.5. The number of hydrogen-bond donors (Lipinski definition) is 2. The summed E-state index contributed by atoms with van der Waals surface area (Å²) < 4.78 is 33.7. The molecule has 2 rings (SSSR count). The topological polar surface area (TPSA) is 126 Å². The van der Waals surface area contributed by atoms with Gasteiger partial charge in [0.2, 0.25) is 5.15 Å². The third kappa shape index (κ3) is 4.55. The van der Waals surface area contributed by atoms with E-state index in [4.69, 9.17) is 23.2 Å². The van der Waals surface area contributed by atoms with Crippen LogP contribution in [0.15, 0.2) is 29.4 Å². The van der Waals surface area contributed by atoms with Crippen LogP contribution in [0.1, 0.15) is 16.7 Å². The fourth-order valence-electron chi connectivity index (χ4n) is 1.98. The normalized spacial score (nSPS) is 10.8. The van der Waals surface area contributed by atoms with Crippen LogP contribution in [0.3, 0.4) is 0 Å². The molecule has 1 aromatic heterocycles. The molecule has 120 valence electrons. The Morgan fingerprint density at radius 2 is 1.73 bits per heavy atom. The van der Waals surface area contributed by atoms with Gasteiger partial charge in [0, 0.05) is 0 Å². The molecular weight excluding hydrogens is 328 g/mol. The third-order valence-electron chi connectivity index (χ3n) is 2.76. The number of rotatable bonds is 1. The van der Waals surface area contributed by atoms with Gasteiger partial charge >= 0.3 is 5.82 Å². The number of nitrogens with zero attached hydrogens (tertiary/aromatic N) is 2. The highest BCUT2D eigenvalue weighted by Crippen LogP contribution is 2.20. The maximum absolute atomic E-state index is 10.8. The summed E-state index contributed by atoms with van der Waals surface area (Å²) in [6.45, 7) is 5.12. The second-order valence-corrected chi connectivity index (χ2v) is 6.37. The highest BCUT2D eigenvalue weighted by Gasteiger charge is 2.09. The molecule has 0 unspecified atom stereocenters. The Morgan fingerprint density at radius 1 is 1.23 bits per heavy atom. The second-order valence-electron chi connectivity index (χ2n) is 4.69. The van der Waals surface area contributed by atoms with Gasteiger partial charge < -0.3 is 4.55 Å². The Bertz CT molecular complexity index is 751. The van der Waals surface area contributed by atoms with Gasteiger partial charge in [-0.1, -0.05) is 29.3 Å². The van der Waals surface area contributed by atoms with Gasteiger partial charge in [-0.05, 0) is 31.9 Å². The molecule has 0 saturated heterocycles. The number of nitrogen functional groups attached to an aromatic ring is 2. The Morgan fingerprint density at radius 3 is 2.09 bits per heavy atom. The summed E-state index contributed by atoms with van der Waals surface area (Å²) in [5.41, 5.74) is 7.33. The molecule has 1 aromatic carbocycles. The molecule has 7 nitrogen and oxygen atoms in total. The van der Waals surface area contributed by atoms with Crippen LogP contribution in [-0.4, -0.2) is 18.0 Å². The lowest BCUT2D eigenvalue weighted by Crippen LogP contribution is -2.46. The van der Waals surface area contributed by atoms with Crippen molar-refractivity contribution in [2.24, 2.45) is 0 Å². The summed E-state index contributed by atoms with van der Waals surface area (Å²) in [5, 5.41) is 0.222. The minimum Gasteiger partial charge on any atom is -0.744 e. The monoisotopic (exact) mass is 344 g/mol. The Kier molecular flexibility index (Phi) is 5.70. The first-order valence-corrected chi connectivity index (χ1v) is 7.93. The van der Waals surface area contributed by atoms with E-state index < -0.39 is 10.1 Å². The number of anilines is 1. The minimum absolute atomic E-state index is 0.0851. The maximum Gasteiger partial charge on any atom is 0.333 e. The Balaban J connectivity index is 0.000000235. The summed E-state index contributed by atoms with van der Waals surface area (Å²) in [7, 11) is -4.33. The predicted molar refractivity (Wildman–Crippen MR) is 82.6 cm³/mol. The van der Waals surface area contributed by atoms with Gasteiger partial charge in [-0.2, -0.15) is 0 Å². The Hall–Kier alpha value is -1.90. The number of benzene rings is 1. The molecule has 0 aliphatic rings. The van der Waals surface area contributed by atoms with Crippen molar-refractivity contribution in [3.63, 3.8) is 0 Å². The zero-order chi connectivity index (χ0) is 17.1. The van der Waals surface area contributed by atoms with Crippen molar-refractivity contribution < 1.29 is 17.6 Å². The van der Waals surface area contributed by atoms with E-state index in [1.165, 1.54) is 17.1 Å². The fourth-order valence-corrected chi connectivity index (χ4v) is 3.05. The van der Waals surface area contributed by atoms with Gasteiger partial charge in [0.15, 0.2) is 0 Å². The third-order valence-corrected chi connectivity index (χ3v) is 4.19. The molecule has 22 heavy (non-hydrogen) atoms. The number of aryl methyl sites for hydroxylation is 3. The fraction of sp³-hybridized carbons (Fsp3) is 0.231. The zero-order valence-electron chi connectivity index (χ0n) is 12.4. The smallest absolute Gasteiger partial charge is 0.333 e. The van der Waals surface area contributed by atoms with Crippen molar-refractivity contribution in [3.05, 3.63) is 46.4 Å². The van der Waals surface area contributed by atoms with Crippen LogP contribution in [0, 0.1) is 20.8 Å².